The van der Waals surface area contributed by atoms with E-state index >= 15 is 0 Å². The molecule has 0 spiro atoms. The number of hydrogen-bond donors (Lipinski definition) is 5. The fourth-order valence-electron chi connectivity index (χ4n) is 3.93. The van der Waals surface area contributed by atoms with Crippen molar-refractivity contribution in [2.45, 2.75) is 24.3 Å². The van der Waals surface area contributed by atoms with E-state index in [0.717, 1.165) is 0 Å². The Morgan fingerprint density at radius 2 is 2.07 bits per heavy atom. The Hall–Kier alpha value is -2.38. The van der Waals surface area contributed by atoms with E-state index < -0.39 is 18.5 Å². The van der Waals surface area contributed by atoms with Crippen molar-refractivity contribution < 1.29 is 44.1 Å². The number of benzene rings is 1. The number of carboxylic acid groups (broad SMARTS) is 1. The molecule has 29 heavy (non-hydrogen) atoms. The van der Waals surface area contributed by atoms with Crippen molar-refractivity contribution in [3.05, 3.63) is 23.3 Å². The average Bonchev–Trinajstić information content (AvgIpc) is 3.41. The number of ether oxygens (including phenoxy) is 1. The van der Waals surface area contributed by atoms with Gasteiger partial charge < -0.3 is 29.7 Å². The van der Waals surface area contributed by atoms with Crippen LogP contribution in [0.15, 0.2) is 12.1 Å². The molecule has 1 aromatic carbocycles. The Balaban J connectivity index is 1.39. The van der Waals surface area contributed by atoms with Crippen molar-refractivity contribution >= 4 is 18.6 Å². The minimum atomic E-state index is -3.09. The predicted octanol–water partition coefficient (Wildman–Crippen LogP) is -1.34. The maximum Gasteiger partial charge on any atom is 0.434 e. The van der Waals surface area contributed by atoms with Crippen LogP contribution in [-0.2, 0) is 9.63 Å². The third-order valence-corrected chi connectivity index (χ3v) is 5.42. The second-order valence-electron chi connectivity index (χ2n) is 7.58. The lowest BCUT2D eigenvalue weighted by atomic mass is 9.68. The molecule has 2 fully saturated rings. The van der Waals surface area contributed by atoms with Crippen LogP contribution in [-0.4, -0.2) is 82.7 Å². The second kappa shape index (κ2) is 7.46. The molecule has 0 bridgehead atoms. The third-order valence-electron chi connectivity index (χ3n) is 5.42. The number of hydroxylamine groups is 1. The summed E-state index contributed by atoms with van der Waals surface area (Å²) in [5.74, 6) is -2.12. The second-order valence-corrected chi connectivity index (χ2v) is 7.58. The Labute approximate surface area is 165 Å². The molecule has 0 radical (unpaired) electrons. The molecule has 1 aliphatic carbocycles. The summed E-state index contributed by atoms with van der Waals surface area (Å²) < 4.78 is 11.1. The highest BCUT2D eigenvalue weighted by atomic mass is 16.7. The van der Waals surface area contributed by atoms with Gasteiger partial charge in [-0.15, -0.1) is 0 Å². The normalized spacial score (nSPS) is 24.5. The van der Waals surface area contributed by atoms with Gasteiger partial charge in [-0.25, -0.2) is 10.3 Å². The van der Waals surface area contributed by atoms with E-state index in [0.29, 0.717) is 25.1 Å². The van der Waals surface area contributed by atoms with Gasteiger partial charge in [0, 0.05) is 13.1 Å². The summed E-state index contributed by atoms with van der Waals surface area (Å²) in [5.41, 5.74) is 2.62. The molecular formula is C17H22BN2O9-. The predicted molar refractivity (Wildman–Crippen MR) is 97.4 cm³/mol. The highest BCUT2D eigenvalue weighted by Gasteiger charge is 2.55. The lowest BCUT2D eigenvalue weighted by Crippen LogP contribution is -2.56. The molecular weight excluding hydrogens is 387 g/mol. The van der Waals surface area contributed by atoms with Crippen molar-refractivity contribution in [2.24, 2.45) is 0 Å². The first-order valence-electron chi connectivity index (χ1n) is 9.39. The Morgan fingerprint density at radius 1 is 1.31 bits per heavy atom. The number of carbonyl (C=O) groups is 2. The number of amides is 1. The highest BCUT2D eigenvalue weighted by molar-refractivity contribution is 6.62. The minimum absolute atomic E-state index is 0.00168. The standard InChI is InChI=1S/C17H22BN2O9/c21-3-4-27-19-14(22)8-20-6-9(7-20)28-13-2-1-10-11-5-12(11)18(25,26)29-16(10)15(13)17(23)24/h1-2,9,11-12,21,25-26H,3-8H2,(H,19,22)(H,23,24)/q-1. The molecule has 2 heterocycles. The molecule has 0 aromatic heterocycles. The summed E-state index contributed by atoms with van der Waals surface area (Å²) in [6, 6.07) is 3.27. The first-order chi connectivity index (χ1) is 13.8. The summed E-state index contributed by atoms with van der Waals surface area (Å²) in [5, 5.41) is 38.4. The van der Waals surface area contributed by atoms with Crippen LogP contribution in [0.4, 0.5) is 0 Å². The van der Waals surface area contributed by atoms with Gasteiger partial charge in [0.2, 0.25) is 0 Å². The lowest BCUT2D eigenvalue weighted by Gasteiger charge is -2.40. The van der Waals surface area contributed by atoms with Gasteiger partial charge in [-0.2, -0.15) is 0 Å². The maximum atomic E-state index is 11.8. The van der Waals surface area contributed by atoms with Crippen LogP contribution in [0.5, 0.6) is 11.5 Å². The number of nitrogens with one attached hydrogen (secondary N) is 1. The van der Waals surface area contributed by atoms with Gasteiger partial charge in [0.05, 0.1) is 25.5 Å². The molecule has 2 aliphatic heterocycles. The van der Waals surface area contributed by atoms with E-state index in [2.05, 4.69) is 5.48 Å². The van der Waals surface area contributed by atoms with E-state index in [4.69, 9.17) is 19.3 Å². The number of aliphatic hydroxyl groups is 1. The number of likely N-dealkylation sites (tertiary alicyclic amines) is 1. The molecule has 1 aromatic rings. The summed E-state index contributed by atoms with van der Waals surface area (Å²) in [4.78, 5) is 30.0. The molecule has 158 valence electrons. The van der Waals surface area contributed by atoms with Crippen LogP contribution in [0, 0.1) is 0 Å². The summed E-state index contributed by atoms with van der Waals surface area (Å²) in [7, 11) is 0. The molecule has 1 amide bonds. The first kappa shape index (κ1) is 19.9. The van der Waals surface area contributed by atoms with Crippen molar-refractivity contribution in [3.63, 3.8) is 0 Å². The average molecular weight is 409 g/mol. The van der Waals surface area contributed by atoms with E-state index in [-0.39, 0.29) is 54.8 Å². The van der Waals surface area contributed by atoms with E-state index in [9.17, 15) is 24.7 Å². The number of hydrogen-bond acceptors (Lipinski definition) is 9. The first-order valence-corrected chi connectivity index (χ1v) is 9.39. The topological polar surface area (TPSA) is 158 Å². The number of rotatable bonds is 8. The number of carbonyl (C=O) groups excluding carboxylic acids is 1. The zero-order valence-corrected chi connectivity index (χ0v) is 15.5. The molecule has 1 saturated carbocycles. The smallest absolute Gasteiger partial charge is 0.434 e. The van der Waals surface area contributed by atoms with Gasteiger partial charge in [0.1, 0.15) is 17.4 Å². The Kier molecular flexibility index (Phi) is 5.13. The fraction of sp³-hybridized carbons (Fsp3) is 0.529. The SMILES string of the molecule is O=C(CN1CC(Oc2ccc3c(c2C(=O)O)O[B-](O)(O)C2CC32)C1)NOCCO. The van der Waals surface area contributed by atoms with Crippen LogP contribution < -0.4 is 14.9 Å². The van der Waals surface area contributed by atoms with Crippen LogP contribution in [0.1, 0.15) is 28.3 Å². The zero-order chi connectivity index (χ0) is 20.8. The van der Waals surface area contributed by atoms with Crippen LogP contribution >= 0.6 is 0 Å². The van der Waals surface area contributed by atoms with E-state index in [1.807, 2.05) is 0 Å². The monoisotopic (exact) mass is 409 g/mol. The lowest BCUT2D eigenvalue weighted by molar-refractivity contribution is -0.137. The number of aliphatic hydroxyl groups excluding tert-OH is 1. The number of carboxylic acids is 1. The van der Waals surface area contributed by atoms with Crippen molar-refractivity contribution in [1.82, 2.24) is 10.4 Å². The Bertz CT molecular complexity index is 827. The molecule has 2 atom stereocenters. The molecule has 1 saturated heterocycles. The number of nitrogens with zero attached hydrogens (tertiary/aromatic N) is 1. The molecule has 11 nitrogen and oxygen atoms in total. The molecule has 12 heteroatoms. The summed E-state index contributed by atoms with van der Waals surface area (Å²) >= 11 is 0. The quantitative estimate of drug-likeness (QED) is 0.198. The maximum absolute atomic E-state index is 11.8. The van der Waals surface area contributed by atoms with Crippen LogP contribution in [0.2, 0.25) is 5.82 Å². The van der Waals surface area contributed by atoms with Gasteiger partial charge in [-0.3, -0.25) is 14.5 Å². The van der Waals surface area contributed by atoms with Gasteiger partial charge in [-0.1, -0.05) is 18.3 Å². The zero-order valence-electron chi connectivity index (χ0n) is 15.5. The number of aromatic carboxylic acids is 1. The summed E-state index contributed by atoms with van der Waals surface area (Å²) in [6.07, 6.45) is 0.217. The Morgan fingerprint density at radius 3 is 2.76 bits per heavy atom. The summed E-state index contributed by atoms with van der Waals surface area (Å²) in [6.45, 7) is -2.40. The molecule has 5 N–H and O–H groups in total. The van der Waals surface area contributed by atoms with Crippen LogP contribution in [0.3, 0.4) is 0 Å². The van der Waals surface area contributed by atoms with Gasteiger partial charge in [-0.05, 0) is 17.5 Å². The number of fused-ring (bicyclic) bond motifs is 3. The van der Waals surface area contributed by atoms with Gasteiger partial charge in [0.25, 0.3) is 5.91 Å². The van der Waals surface area contributed by atoms with Gasteiger partial charge in [0.15, 0.2) is 0 Å². The van der Waals surface area contributed by atoms with E-state index in [1.165, 1.54) is 0 Å². The van der Waals surface area contributed by atoms with Crippen LogP contribution in [0.25, 0.3) is 0 Å². The third kappa shape index (κ3) is 3.89. The van der Waals surface area contributed by atoms with Crippen molar-refractivity contribution in [1.29, 1.82) is 0 Å². The van der Waals surface area contributed by atoms with Crippen molar-refractivity contribution in [3.8, 4) is 11.5 Å². The highest BCUT2D eigenvalue weighted by Crippen LogP contribution is 2.63. The largest absolute Gasteiger partial charge is 0.669 e. The molecule has 3 aliphatic rings. The van der Waals surface area contributed by atoms with Gasteiger partial charge >= 0.3 is 12.7 Å². The molecule has 4 rings (SSSR count). The fourth-order valence-corrected chi connectivity index (χ4v) is 3.93. The van der Waals surface area contributed by atoms with Crippen molar-refractivity contribution in [2.75, 3.05) is 32.8 Å². The molecule has 2 unspecified atom stereocenters. The minimum Gasteiger partial charge on any atom is -0.669 e. The van der Waals surface area contributed by atoms with E-state index in [1.54, 1.807) is 17.0 Å².